The Bertz CT molecular complexity index is 828. The van der Waals surface area contributed by atoms with Gasteiger partial charge in [0, 0.05) is 5.56 Å². The molecule has 0 amide bonds. The summed E-state index contributed by atoms with van der Waals surface area (Å²) in [7, 11) is 0. The van der Waals surface area contributed by atoms with E-state index < -0.39 is 30.1 Å². The molecule has 1 aliphatic heterocycles. The summed E-state index contributed by atoms with van der Waals surface area (Å²) in [5, 5.41) is 9.43. The zero-order valence-electron chi connectivity index (χ0n) is 13.9. The van der Waals surface area contributed by atoms with Crippen LogP contribution in [0.3, 0.4) is 0 Å². The molecule has 1 atom stereocenters. The summed E-state index contributed by atoms with van der Waals surface area (Å²) in [6, 6.07) is 4.56. The molecule has 2 rings (SSSR count). The molecule has 1 heterocycles. The van der Waals surface area contributed by atoms with E-state index in [2.05, 4.69) is 4.74 Å². The monoisotopic (exact) mass is 368 g/mol. The number of nitriles is 1. The Balaban J connectivity index is 2.71. The molecular formula is C17H15F3N2O4. The van der Waals surface area contributed by atoms with E-state index in [4.69, 9.17) is 15.2 Å². The van der Waals surface area contributed by atoms with Crippen LogP contribution in [0.15, 0.2) is 41.0 Å². The molecule has 0 aliphatic carbocycles. The summed E-state index contributed by atoms with van der Waals surface area (Å²) in [6.45, 7) is -0.211. The van der Waals surface area contributed by atoms with Crippen molar-refractivity contribution in [2.75, 3.05) is 6.61 Å². The molecule has 2 N–H and O–H groups in total. The van der Waals surface area contributed by atoms with E-state index in [9.17, 15) is 23.2 Å². The fourth-order valence-corrected chi connectivity index (χ4v) is 2.61. The molecule has 0 radical (unpaired) electrons. The first-order valence-electron chi connectivity index (χ1n) is 7.49. The molecule has 1 unspecified atom stereocenters. The third-order valence-corrected chi connectivity index (χ3v) is 3.60. The second kappa shape index (κ2) is 7.82. The maximum Gasteiger partial charge on any atom is 0.387 e. The van der Waals surface area contributed by atoms with Gasteiger partial charge >= 0.3 is 12.6 Å². The molecular weight excluding hydrogens is 353 g/mol. The van der Waals surface area contributed by atoms with Gasteiger partial charge in [-0.3, -0.25) is 0 Å². The zero-order chi connectivity index (χ0) is 19.4. The lowest BCUT2D eigenvalue weighted by Gasteiger charge is -2.28. The SMILES string of the molecule is CCOC(=O)C1=C(C)OC(N)=C(C#N)C1c1cc(F)ccc1OC(F)F. The molecule has 26 heavy (non-hydrogen) atoms. The van der Waals surface area contributed by atoms with Crippen LogP contribution in [0, 0.1) is 17.1 Å². The zero-order valence-corrected chi connectivity index (χ0v) is 13.9. The number of nitrogens with zero attached hydrogens (tertiary/aromatic N) is 1. The average molecular weight is 368 g/mol. The number of carbonyl (C=O) groups is 1. The van der Waals surface area contributed by atoms with Crippen molar-refractivity contribution in [1.82, 2.24) is 0 Å². The Morgan fingerprint density at radius 3 is 2.73 bits per heavy atom. The number of halogens is 3. The van der Waals surface area contributed by atoms with Crippen LogP contribution in [-0.4, -0.2) is 19.2 Å². The molecule has 0 fully saturated rings. The summed E-state index contributed by atoms with van der Waals surface area (Å²) in [5.74, 6) is -3.61. The van der Waals surface area contributed by atoms with Crippen LogP contribution in [0.5, 0.6) is 5.75 Å². The first-order chi connectivity index (χ1) is 12.3. The van der Waals surface area contributed by atoms with Gasteiger partial charge in [0.05, 0.1) is 18.1 Å². The average Bonchev–Trinajstić information content (AvgIpc) is 2.55. The minimum atomic E-state index is -3.19. The van der Waals surface area contributed by atoms with E-state index in [1.54, 1.807) is 13.0 Å². The van der Waals surface area contributed by atoms with Gasteiger partial charge in [-0.2, -0.15) is 14.0 Å². The lowest BCUT2D eigenvalue weighted by atomic mass is 9.82. The number of rotatable bonds is 5. The van der Waals surface area contributed by atoms with Crippen LogP contribution in [-0.2, 0) is 14.3 Å². The van der Waals surface area contributed by atoms with E-state index in [-0.39, 0.29) is 35.0 Å². The lowest BCUT2D eigenvalue weighted by molar-refractivity contribution is -0.139. The van der Waals surface area contributed by atoms with Crippen molar-refractivity contribution >= 4 is 5.97 Å². The minimum absolute atomic E-state index is 0.0113. The smallest absolute Gasteiger partial charge is 0.387 e. The van der Waals surface area contributed by atoms with Crippen molar-refractivity contribution in [3.05, 3.63) is 52.4 Å². The number of ether oxygens (including phenoxy) is 3. The molecule has 1 aromatic carbocycles. The number of hydrogen-bond donors (Lipinski definition) is 1. The van der Waals surface area contributed by atoms with E-state index in [1.807, 2.05) is 0 Å². The number of nitrogens with two attached hydrogens (primary N) is 1. The summed E-state index contributed by atoms with van der Waals surface area (Å²) < 4.78 is 53.8. The highest BCUT2D eigenvalue weighted by atomic mass is 19.3. The predicted octanol–water partition coefficient (Wildman–Crippen LogP) is 3.07. The second-order valence-corrected chi connectivity index (χ2v) is 5.18. The number of carbonyl (C=O) groups excluding carboxylic acids is 1. The van der Waals surface area contributed by atoms with Crippen LogP contribution in [0.4, 0.5) is 13.2 Å². The van der Waals surface area contributed by atoms with Crippen molar-refractivity contribution < 1.29 is 32.2 Å². The summed E-state index contributed by atoms with van der Waals surface area (Å²) >= 11 is 0. The highest BCUT2D eigenvalue weighted by Gasteiger charge is 2.38. The normalized spacial score (nSPS) is 17.0. The summed E-state index contributed by atoms with van der Waals surface area (Å²) in [5.41, 5.74) is 5.13. The van der Waals surface area contributed by atoms with Gasteiger partial charge < -0.3 is 19.9 Å². The van der Waals surface area contributed by atoms with Crippen LogP contribution in [0.2, 0.25) is 0 Å². The molecule has 0 saturated carbocycles. The first-order valence-corrected chi connectivity index (χ1v) is 7.49. The van der Waals surface area contributed by atoms with E-state index >= 15 is 0 Å². The van der Waals surface area contributed by atoms with Crippen molar-refractivity contribution in [1.29, 1.82) is 5.26 Å². The fourth-order valence-electron chi connectivity index (χ4n) is 2.61. The van der Waals surface area contributed by atoms with Crippen LogP contribution < -0.4 is 10.5 Å². The van der Waals surface area contributed by atoms with Crippen LogP contribution in [0.25, 0.3) is 0 Å². The first kappa shape index (κ1) is 19.2. The summed E-state index contributed by atoms with van der Waals surface area (Å²) in [6.07, 6.45) is 0. The highest BCUT2D eigenvalue weighted by Crippen LogP contribution is 2.43. The van der Waals surface area contributed by atoms with Gasteiger partial charge in [-0.1, -0.05) is 0 Å². The van der Waals surface area contributed by atoms with Crippen molar-refractivity contribution in [2.45, 2.75) is 26.4 Å². The van der Waals surface area contributed by atoms with Gasteiger partial charge in [0.2, 0.25) is 5.88 Å². The van der Waals surface area contributed by atoms with Crippen molar-refractivity contribution in [3.8, 4) is 11.8 Å². The molecule has 6 nitrogen and oxygen atoms in total. The second-order valence-electron chi connectivity index (χ2n) is 5.18. The lowest BCUT2D eigenvalue weighted by Crippen LogP contribution is -2.26. The van der Waals surface area contributed by atoms with Crippen LogP contribution in [0.1, 0.15) is 25.3 Å². The molecule has 0 spiro atoms. The third-order valence-electron chi connectivity index (χ3n) is 3.60. The molecule has 138 valence electrons. The standard InChI is InChI=1S/C17H15F3N2O4/c1-3-24-16(23)13-8(2)25-15(22)11(7-21)14(13)10-6-9(18)4-5-12(10)26-17(19)20/h4-6,14,17H,3,22H2,1-2H3. The maximum atomic E-state index is 13.8. The predicted molar refractivity (Wildman–Crippen MR) is 83.0 cm³/mol. The minimum Gasteiger partial charge on any atom is -0.463 e. The molecule has 9 heteroatoms. The highest BCUT2D eigenvalue weighted by molar-refractivity contribution is 5.92. The summed E-state index contributed by atoms with van der Waals surface area (Å²) in [4.78, 5) is 12.4. The van der Waals surface area contributed by atoms with E-state index in [1.165, 1.54) is 6.92 Å². The van der Waals surface area contributed by atoms with Gasteiger partial charge in [0.1, 0.15) is 29.0 Å². The number of alkyl halides is 2. The molecule has 1 aliphatic rings. The topological polar surface area (TPSA) is 94.6 Å². The van der Waals surface area contributed by atoms with E-state index in [0.29, 0.717) is 0 Å². The Labute approximate surface area is 147 Å². The Morgan fingerprint density at radius 1 is 1.46 bits per heavy atom. The number of hydrogen-bond acceptors (Lipinski definition) is 6. The van der Waals surface area contributed by atoms with E-state index in [0.717, 1.165) is 18.2 Å². The van der Waals surface area contributed by atoms with Gasteiger partial charge in [0.25, 0.3) is 0 Å². The number of esters is 1. The Morgan fingerprint density at radius 2 is 2.15 bits per heavy atom. The van der Waals surface area contributed by atoms with Gasteiger partial charge in [-0.25, -0.2) is 9.18 Å². The van der Waals surface area contributed by atoms with Crippen molar-refractivity contribution in [3.63, 3.8) is 0 Å². The third kappa shape index (κ3) is 3.74. The van der Waals surface area contributed by atoms with Gasteiger partial charge in [-0.15, -0.1) is 0 Å². The Hall–Kier alpha value is -3.15. The molecule has 0 aromatic heterocycles. The van der Waals surface area contributed by atoms with Gasteiger partial charge in [0.15, 0.2) is 0 Å². The largest absolute Gasteiger partial charge is 0.463 e. The number of allylic oxidation sites excluding steroid dienone is 2. The molecule has 0 saturated heterocycles. The van der Waals surface area contributed by atoms with Crippen molar-refractivity contribution in [2.24, 2.45) is 5.73 Å². The fraction of sp³-hybridized carbons (Fsp3) is 0.294. The molecule has 1 aromatic rings. The number of benzene rings is 1. The molecule has 0 bridgehead atoms. The maximum absolute atomic E-state index is 13.8. The van der Waals surface area contributed by atoms with Crippen LogP contribution >= 0.6 is 0 Å². The van der Waals surface area contributed by atoms with Gasteiger partial charge in [-0.05, 0) is 32.0 Å². The Kier molecular flexibility index (Phi) is 5.77. The quantitative estimate of drug-likeness (QED) is 0.803.